The molecule has 1 atom stereocenters. The Bertz CT molecular complexity index is 583. The lowest BCUT2D eigenvalue weighted by molar-refractivity contribution is -0.137. The number of halogens is 1. The first-order valence-electron chi connectivity index (χ1n) is 5.88. The molecule has 7 heteroatoms. The fourth-order valence-corrected chi connectivity index (χ4v) is 3.23. The Morgan fingerprint density at radius 3 is 2.68 bits per heavy atom. The van der Waals surface area contributed by atoms with Crippen LogP contribution in [-0.4, -0.2) is 25.5 Å². The van der Waals surface area contributed by atoms with Crippen LogP contribution in [0.15, 0.2) is 29.2 Å². The van der Waals surface area contributed by atoms with Crippen LogP contribution in [0.3, 0.4) is 0 Å². The maximum absolute atomic E-state index is 13.0. The lowest BCUT2D eigenvalue weighted by atomic mass is 10.1. The fraction of sp³-hybridized carbons (Fsp3) is 0.417. The summed E-state index contributed by atoms with van der Waals surface area (Å²) in [5, 5.41) is 8.78. The molecule has 1 aromatic carbocycles. The summed E-state index contributed by atoms with van der Waals surface area (Å²) in [6.07, 6.45) is 1.35. The molecule has 104 valence electrons. The number of carboxylic acid groups (broad SMARTS) is 1. The number of nitrogens with one attached hydrogen (secondary N) is 1. The van der Waals surface area contributed by atoms with Gasteiger partial charge in [0.2, 0.25) is 10.0 Å². The van der Waals surface area contributed by atoms with Gasteiger partial charge in [-0.15, -0.1) is 0 Å². The monoisotopic (exact) mass is 287 g/mol. The molecular formula is C12H14FNO4S. The first-order chi connectivity index (χ1) is 8.88. The molecule has 0 saturated heterocycles. The minimum absolute atomic E-state index is 0.0550. The number of hydrogen-bond donors (Lipinski definition) is 2. The average molecular weight is 287 g/mol. The van der Waals surface area contributed by atoms with E-state index in [2.05, 4.69) is 4.72 Å². The van der Waals surface area contributed by atoms with Crippen molar-refractivity contribution in [3.8, 4) is 0 Å². The molecule has 0 aromatic heterocycles. The van der Waals surface area contributed by atoms with Gasteiger partial charge in [0.05, 0.1) is 11.3 Å². The molecule has 0 spiro atoms. The zero-order valence-corrected chi connectivity index (χ0v) is 10.9. The van der Waals surface area contributed by atoms with Crippen LogP contribution in [0.2, 0.25) is 0 Å². The molecule has 2 rings (SSSR count). The van der Waals surface area contributed by atoms with Crippen LogP contribution in [0.1, 0.15) is 19.3 Å². The number of aliphatic carboxylic acids is 1. The molecule has 1 aliphatic carbocycles. The van der Waals surface area contributed by atoms with Gasteiger partial charge in [-0.25, -0.2) is 17.5 Å². The van der Waals surface area contributed by atoms with Crippen LogP contribution >= 0.6 is 0 Å². The van der Waals surface area contributed by atoms with Gasteiger partial charge in [-0.05, 0) is 37.0 Å². The van der Waals surface area contributed by atoms with E-state index in [1.807, 2.05) is 0 Å². The number of rotatable bonds is 6. The highest BCUT2D eigenvalue weighted by molar-refractivity contribution is 7.89. The van der Waals surface area contributed by atoms with E-state index in [9.17, 15) is 17.6 Å². The first kappa shape index (κ1) is 14.0. The predicted octanol–water partition coefficient (Wildman–Crippen LogP) is 1.36. The Labute approximate surface area is 110 Å². The Hall–Kier alpha value is -1.47. The van der Waals surface area contributed by atoms with Crippen LogP contribution in [-0.2, 0) is 14.8 Å². The van der Waals surface area contributed by atoms with Crippen LogP contribution in [0.5, 0.6) is 0 Å². The zero-order valence-electron chi connectivity index (χ0n) is 10.0. The molecule has 1 fully saturated rings. The van der Waals surface area contributed by atoms with Crippen LogP contribution in [0.25, 0.3) is 0 Å². The maximum Gasteiger partial charge on any atom is 0.304 e. The van der Waals surface area contributed by atoms with Crippen molar-refractivity contribution in [3.63, 3.8) is 0 Å². The third kappa shape index (κ3) is 3.74. The largest absolute Gasteiger partial charge is 0.481 e. The van der Waals surface area contributed by atoms with Crippen molar-refractivity contribution >= 4 is 16.0 Å². The molecular weight excluding hydrogens is 273 g/mol. The van der Waals surface area contributed by atoms with E-state index >= 15 is 0 Å². The van der Waals surface area contributed by atoms with Gasteiger partial charge in [-0.3, -0.25) is 4.79 Å². The molecule has 2 N–H and O–H groups in total. The second-order valence-corrected chi connectivity index (χ2v) is 6.33. The van der Waals surface area contributed by atoms with E-state index in [0.29, 0.717) is 0 Å². The van der Waals surface area contributed by atoms with Crippen molar-refractivity contribution in [1.29, 1.82) is 0 Å². The minimum atomic E-state index is -3.89. The first-order valence-corrected chi connectivity index (χ1v) is 7.36. The Morgan fingerprint density at radius 1 is 1.47 bits per heavy atom. The molecule has 1 unspecified atom stereocenters. The molecule has 1 aromatic rings. The number of hydrogen-bond acceptors (Lipinski definition) is 3. The maximum atomic E-state index is 13.0. The standard InChI is InChI=1S/C12H14FNO4S/c13-9-2-1-3-10(6-9)19(17,18)14-11(7-12(15)16)8-4-5-8/h1-3,6,8,11,14H,4-5,7H2,(H,15,16). The summed E-state index contributed by atoms with van der Waals surface area (Å²) in [7, 11) is -3.89. The third-order valence-corrected chi connectivity index (χ3v) is 4.49. The van der Waals surface area contributed by atoms with Crippen molar-refractivity contribution in [2.75, 3.05) is 0 Å². The highest BCUT2D eigenvalue weighted by atomic mass is 32.2. The number of carboxylic acids is 1. The van der Waals surface area contributed by atoms with Gasteiger partial charge in [0.1, 0.15) is 5.82 Å². The number of benzene rings is 1. The van der Waals surface area contributed by atoms with Gasteiger partial charge in [0.25, 0.3) is 0 Å². The summed E-state index contributed by atoms with van der Waals surface area (Å²) in [6.45, 7) is 0. The highest BCUT2D eigenvalue weighted by Gasteiger charge is 2.35. The smallest absolute Gasteiger partial charge is 0.304 e. The Kier molecular flexibility index (Phi) is 3.86. The van der Waals surface area contributed by atoms with Gasteiger partial charge in [0, 0.05) is 6.04 Å². The van der Waals surface area contributed by atoms with Crippen molar-refractivity contribution in [2.45, 2.75) is 30.2 Å². The van der Waals surface area contributed by atoms with Crippen LogP contribution < -0.4 is 4.72 Å². The molecule has 0 heterocycles. The second-order valence-electron chi connectivity index (χ2n) is 4.62. The lowest BCUT2D eigenvalue weighted by Crippen LogP contribution is -2.38. The Morgan fingerprint density at radius 2 is 2.16 bits per heavy atom. The predicted molar refractivity (Wildman–Crippen MR) is 65.5 cm³/mol. The molecule has 1 saturated carbocycles. The van der Waals surface area contributed by atoms with Crippen LogP contribution in [0, 0.1) is 11.7 Å². The summed E-state index contributed by atoms with van der Waals surface area (Å²) >= 11 is 0. The van der Waals surface area contributed by atoms with E-state index in [1.54, 1.807) is 0 Å². The van der Waals surface area contributed by atoms with E-state index in [4.69, 9.17) is 5.11 Å². The van der Waals surface area contributed by atoms with Gasteiger partial charge >= 0.3 is 5.97 Å². The van der Waals surface area contributed by atoms with Crippen molar-refractivity contribution < 1.29 is 22.7 Å². The second kappa shape index (κ2) is 5.26. The van der Waals surface area contributed by atoms with Gasteiger partial charge in [0.15, 0.2) is 0 Å². The van der Waals surface area contributed by atoms with E-state index in [1.165, 1.54) is 12.1 Å². The van der Waals surface area contributed by atoms with Gasteiger partial charge in [-0.1, -0.05) is 6.07 Å². The topological polar surface area (TPSA) is 83.5 Å². The summed E-state index contributed by atoms with van der Waals surface area (Å²) in [6, 6.07) is 4.00. The summed E-state index contributed by atoms with van der Waals surface area (Å²) in [4.78, 5) is 10.5. The van der Waals surface area contributed by atoms with E-state index in [-0.39, 0.29) is 17.2 Å². The molecule has 5 nitrogen and oxygen atoms in total. The molecule has 19 heavy (non-hydrogen) atoms. The third-order valence-electron chi connectivity index (χ3n) is 3.00. The summed E-state index contributed by atoms with van der Waals surface area (Å²) in [5.41, 5.74) is 0. The zero-order chi connectivity index (χ0) is 14.0. The Balaban J connectivity index is 2.17. The summed E-state index contributed by atoms with van der Waals surface area (Å²) in [5.74, 6) is -1.65. The van der Waals surface area contributed by atoms with Crippen molar-refractivity contribution in [2.24, 2.45) is 5.92 Å². The fourth-order valence-electron chi connectivity index (χ4n) is 1.89. The van der Waals surface area contributed by atoms with E-state index < -0.39 is 27.9 Å². The summed E-state index contributed by atoms with van der Waals surface area (Å²) < 4.78 is 39.5. The van der Waals surface area contributed by atoms with Gasteiger partial charge in [-0.2, -0.15) is 0 Å². The van der Waals surface area contributed by atoms with Crippen molar-refractivity contribution in [1.82, 2.24) is 4.72 Å². The minimum Gasteiger partial charge on any atom is -0.481 e. The SMILES string of the molecule is O=C(O)CC(NS(=O)(=O)c1cccc(F)c1)C1CC1. The normalized spacial score (nSPS) is 17.1. The number of sulfonamides is 1. The lowest BCUT2D eigenvalue weighted by Gasteiger charge is -2.16. The van der Waals surface area contributed by atoms with Crippen LogP contribution in [0.4, 0.5) is 4.39 Å². The molecule has 0 radical (unpaired) electrons. The van der Waals surface area contributed by atoms with E-state index in [0.717, 1.165) is 25.0 Å². The molecule has 1 aliphatic rings. The highest BCUT2D eigenvalue weighted by Crippen LogP contribution is 2.34. The average Bonchev–Trinajstić information content (AvgIpc) is 3.11. The van der Waals surface area contributed by atoms with Crippen molar-refractivity contribution in [3.05, 3.63) is 30.1 Å². The molecule has 0 amide bonds. The quantitative estimate of drug-likeness (QED) is 0.827. The molecule has 0 aliphatic heterocycles. The van der Waals surface area contributed by atoms with Gasteiger partial charge < -0.3 is 5.11 Å². The molecule has 0 bridgehead atoms. The number of carbonyl (C=O) groups is 1.